The number of pyridine rings is 1. The zero-order valence-corrected chi connectivity index (χ0v) is 13.2. The van der Waals surface area contributed by atoms with E-state index in [2.05, 4.69) is 55.2 Å². The van der Waals surface area contributed by atoms with Gasteiger partial charge in [0, 0.05) is 15.1 Å². The minimum absolute atomic E-state index is 0.382. The van der Waals surface area contributed by atoms with Crippen molar-refractivity contribution in [1.29, 1.82) is 0 Å². The lowest BCUT2D eigenvalue weighted by Crippen LogP contribution is -2.26. The molecule has 1 fully saturated rings. The van der Waals surface area contributed by atoms with Gasteiger partial charge in [-0.3, -0.25) is 4.98 Å². The minimum atomic E-state index is 0.382. The maximum atomic E-state index is 4.55. The highest BCUT2D eigenvalue weighted by Crippen LogP contribution is 2.36. The average Bonchev–Trinajstić information content (AvgIpc) is 2.22. The molecule has 1 aliphatic rings. The number of halogens is 2. The van der Waals surface area contributed by atoms with Crippen molar-refractivity contribution in [2.75, 3.05) is 6.54 Å². The van der Waals surface area contributed by atoms with Crippen molar-refractivity contribution >= 4 is 31.9 Å². The van der Waals surface area contributed by atoms with Gasteiger partial charge >= 0.3 is 0 Å². The zero-order chi connectivity index (χ0) is 12.3. The van der Waals surface area contributed by atoms with Gasteiger partial charge in [0.15, 0.2) is 0 Å². The van der Waals surface area contributed by atoms with Crippen molar-refractivity contribution in [2.45, 2.75) is 38.6 Å². The molecule has 2 nitrogen and oxygen atoms in total. The van der Waals surface area contributed by atoms with Crippen molar-refractivity contribution in [3.05, 3.63) is 26.9 Å². The highest BCUT2D eigenvalue weighted by atomic mass is 79.9. The molecule has 1 unspecified atom stereocenters. The molecule has 94 valence electrons. The molecule has 4 heteroatoms. The van der Waals surface area contributed by atoms with Crippen LogP contribution in [-0.2, 0) is 0 Å². The van der Waals surface area contributed by atoms with Crippen LogP contribution in [0.1, 0.15) is 44.3 Å². The van der Waals surface area contributed by atoms with Crippen LogP contribution >= 0.6 is 31.9 Å². The van der Waals surface area contributed by atoms with Crippen LogP contribution in [0.25, 0.3) is 0 Å². The third-order valence-corrected chi connectivity index (χ3v) is 4.48. The molecular weight excluding hydrogens is 344 g/mol. The standard InChI is InChI=1S/C13H18Br2N2/c1-2-16-12(6-9-4-3-5-9)13-11(15)7-10(14)8-17-13/h7-9,12,16H,2-6H2,1H3. The van der Waals surface area contributed by atoms with Gasteiger partial charge < -0.3 is 5.32 Å². The maximum absolute atomic E-state index is 4.55. The summed E-state index contributed by atoms with van der Waals surface area (Å²) in [6, 6.07) is 2.46. The van der Waals surface area contributed by atoms with Crippen LogP contribution in [0, 0.1) is 5.92 Å². The summed E-state index contributed by atoms with van der Waals surface area (Å²) in [5.41, 5.74) is 1.14. The first kappa shape index (κ1) is 13.5. The lowest BCUT2D eigenvalue weighted by molar-refractivity contribution is 0.260. The molecule has 0 bridgehead atoms. The highest BCUT2D eigenvalue weighted by Gasteiger charge is 2.24. The second-order valence-corrected chi connectivity index (χ2v) is 6.43. The van der Waals surface area contributed by atoms with E-state index in [0.29, 0.717) is 6.04 Å². The fourth-order valence-electron chi connectivity index (χ4n) is 2.28. The SMILES string of the molecule is CCNC(CC1CCC1)c1ncc(Br)cc1Br. The Morgan fingerprint density at radius 3 is 2.76 bits per heavy atom. The Morgan fingerprint density at radius 2 is 2.24 bits per heavy atom. The number of hydrogen-bond donors (Lipinski definition) is 1. The Labute approximate surface area is 120 Å². The van der Waals surface area contributed by atoms with Crippen LogP contribution in [-0.4, -0.2) is 11.5 Å². The van der Waals surface area contributed by atoms with Gasteiger partial charge in [0.25, 0.3) is 0 Å². The van der Waals surface area contributed by atoms with Gasteiger partial charge in [-0.2, -0.15) is 0 Å². The fourth-order valence-corrected chi connectivity index (χ4v) is 3.55. The molecule has 1 aromatic rings. The summed E-state index contributed by atoms with van der Waals surface area (Å²) in [5.74, 6) is 0.886. The van der Waals surface area contributed by atoms with E-state index in [0.717, 1.165) is 27.1 Å². The summed E-state index contributed by atoms with van der Waals surface area (Å²) in [6.07, 6.45) is 7.26. The van der Waals surface area contributed by atoms with Crippen molar-refractivity contribution in [1.82, 2.24) is 10.3 Å². The van der Waals surface area contributed by atoms with Crippen molar-refractivity contribution in [3.8, 4) is 0 Å². The van der Waals surface area contributed by atoms with Gasteiger partial charge in [0.2, 0.25) is 0 Å². The molecule has 1 heterocycles. The largest absolute Gasteiger partial charge is 0.309 e. The van der Waals surface area contributed by atoms with Crippen LogP contribution in [0.4, 0.5) is 0 Å². The second-order valence-electron chi connectivity index (χ2n) is 4.66. The number of aromatic nitrogens is 1. The number of rotatable bonds is 5. The average molecular weight is 362 g/mol. The molecule has 1 N–H and O–H groups in total. The van der Waals surface area contributed by atoms with E-state index in [-0.39, 0.29) is 0 Å². The van der Waals surface area contributed by atoms with E-state index in [9.17, 15) is 0 Å². The second kappa shape index (κ2) is 6.30. The monoisotopic (exact) mass is 360 g/mol. The first-order chi connectivity index (χ1) is 8.20. The van der Waals surface area contributed by atoms with Crippen molar-refractivity contribution in [2.24, 2.45) is 5.92 Å². The van der Waals surface area contributed by atoms with Crippen LogP contribution in [0.5, 0.6) is 0 Å². The topological polar surface area (TPSA) is 24.9 Å². The lowest BCUT2D eigenvalue weighted by Gasteiger charge is -2.30. The van der Waals surface area contributed by atoms with Crippen molar-refractivity contribution in [3.63, 3.8) is 0 Å². The predicted molar refractivity (Wildman–Crippen MR) is 78.0 cm³/mol. The van der Waals surface area contributed by atoms with E-state index < -0.39 is 0 Å². The number of hydrogen-bond acceptors (Lipinski definition) is 2. The van der Waals surface area contributed by atoms with E-state index >= 15 is 0 Å². The van der Waals surface area contributed by atoms with E-state index in [1.807, 2.05) is 6.20 Å². The quantitative estimate of drug-likeness (QED) is 0.838. The van der Waals surface area contributed by atoms with Crippen LogP contribution in [0.15, 0.2) is 21.2 Å². The summed E-state index contributed by atoms with van der Waals surface area (Å²) >= 11 is 7.06. The molecule has 1 saturated carbocycles. The van der Waals surface area contributed by atoms with Gasteiger partial charge in [-0.1, -0.05) is 26.2 Å². The number of nitrogens with one attached hydrogen (secondary N) is 1. The van der Waals surface area contributed by atoms with E-state index in [1.54, 1.807) is 0 Å². The summed E-state index contributed by atoms with van der Waals surface area (Å²) in [5, 5.41) is 3.55. The van der Waals surface area contributed by atoms with E-state index in [1.165, 1.54) is 25.7 Å². The Morgan fingerprint density at radius 1 is 1.47 bits per heavy atom. The Hall–Kier alpha value is 0.0700. The first-order valence-electron chi connectivity index (χ1n) is 6.25. The molecule has 17 heavy (non-hydrogen) atoms. The zero-order valence-electron chi connectivity index (χ0n) is 10.0. The van der Waals surface area contributed by atoms with Gasteiger partial charge in [0.1, 0.15) is 0 Å². The van der Waals surface area contributed by atoms with Crippen molar-refractivity contribution < 1.29 is 0 Å². The molecule has 0 saturated heterocycles. The molecule has 0 aromatic carbocycles. The molecule has 1 atom stereocenters. The Bertz CT molecular complexity index is 378. The fraction of sp³-hybridized carbons (Fsp3) is 0.615. The van der Waals surface area contributed by atoms with Crippen LogP contribution in [0.3, 0.4) is 0 Å². The Kier molecular flexibility index (Phi) is 5.00. The molecule has 0 aliphatic heterocycles. The lowest BCUT2D eigenvalue weighted by atomic mass is 9.80. The molecule has 1 aromatic heterocycles. The molecule has 0 radical (unpaired) electrons. The summed E-state index contributed by atoms with van der Waals surface area (Å²) in [7, 11) is 0. The predicted octanol–water partition coefficient (Wildman–Crippen LogP) is 4.45. The third-order valence-electron chi connectivity index (χ3n) is 3.41. The maximum Gasteiger partial charge on any atom is 0.0715 e. The summed E-state index contributed by atoms with van der Waals surface area (Å²) in [4.78, 5) is 4.55. The summed E-state index contributed by atoms with van der Waals surface area (Å²) < 4.78 is 2.11. The minimum Gasteiger partial charge on any atom is -0.309 e. The van der Waals surface area contributed by atoms with Gasteiger partial charge in [-0.15, -0.1) is 0 Å². The third kappa shape index (κ3) is 3.52. The van der Waals surface area contributed by atoms with Crippen LogP contribution < -0.4 is 5.32 Å². The molecule has 2 rings (SSSR count). The van der Waals surface area contributed by atoms with Gasteiger partial charge in [-0.25, -0.2) is 0 Å². The smallest absolute Gasteiger partial charge is 0.0715 e. The molecule has 0 amide bonds. The van der Waals surface area contributed by atoms with Gasteiger partial charge in [0.05, 0.1) is 11.7 Å². The summed E-state index contributed by atoms with van der Waals surface area (Å²) in [6.45, 7) is 3.14. The van der Waals surface area contributed by atoms with E-state index in [4.69, 9.17) is 0 Å². The molecular formula is C13H18Br2N2. The van der Waals surface area contributed by atoms with Gasteiger partial charge in [-0.05, 0) is 56.8 Å². The highest BCUT2D eigenvalue weighted by molar-refractivity contribution is 9.11. The molecule has 1 aliphatic carbocycles. The normalized spacial score (nSPS) is 17.8. The van der Waals surface area contributed by atoms with Crippen LogP contribution in [0.2, 0.25) is 0 Å². The number of nitrogens with zero attached hydrogens (tertiary/aromatic N) is 1. The Balaban J connectivity index is 2.12. The first-order valence-corrected chi connectivity index (χ1v) is 7.83. The molecule has 0 spiro atoms.